The van der Waals surface area contributed by atoms with E-state index in [0.29, 0.717) is 5.56 Å². The summed E-state index contributed by atoms with van der Waals surface area (Å²) in [5.74, 6) is -0.835. The van der Waals surface area contributed by atoms with Gasteiger partial charge in [-0.15, -0.1) is 0 Å². The second-order valence-electron chi connectivity index (χ2n) is 3.92. The van der Waals surface area contributed by atoms with Crippen molar-refractivity contribution in [3.05, 3.63) is 40.5 Å². The highest BCUT2D eigenvalue weighted by Crippen LogP contribution is 2.25. The van der Waals surface area contributed by atoms with E-state index in [1.165, 1.54) is 11.1 Å². The summed E-state index contributed by atoms with van der Waals surface area (Å²) < 4.78 is 0. The predicted molar refractivity (Wildman–Crippen MR) is 60.1 cm³/mol. The van der Waals surface area contributed by atoms with E-state index in [-0.39, 0.29) is 0 Å². The molecule has 0 radical (unpaired) electrons. The summed E-state index contributed by atoms with van der Waals surface area (Å²) in [5.41, 5.74) is 3.72. The van der Waals surface area contributed by atoms with Crippen LogP contribution in [-0.2, 0) is 6.42 Å². The van der Waals surface area contributed by atoms with Crippen molar-refractivity contribution in [3.8, 4) is 0 Å². The number of aryl methyl sites for hydroxylation is 1. The Hall–Kier alpha value is -1.57. The number of rotatable bonds is 1. The van der Waals surface area contributed by atoms with Gasteiger partial charge in [0.2, 0.25) is 0 Å². The normalized spacial score (nSPS) is 14.5. The molecular formula is C13H14O2. The van der Waals surface area contributed by atoms with Gasteiger partial charge in [-0.2, -0.15) is 0 Å². The molecule has 0 heterocycles. The predicted octanol–water partition coefficient (Wildman–Crippen LogP) is 3.04. The molecule has 0 bridgehead atoms. The van der Waals surface area contributed by atoms with Crippen molar-refractivity contribution in [3.63, 3.8) is 0 Å². The number of benzene rings is 1. The number of carboxylic acids is 1. The van der Waals surface area contributed by atoms with Crippen molar-refractivity contribution in [2.24, 2.45) is 0 Å². The molecule has 0 aromatic heterocycles. The topological polar surface area (TPSA) is 37.3 Å². The first-order valence-corrected chi connectivity index (χ1v) is 5.22. The first-order chi connectivity index (χ1) is 7.20. The van der Waals surface area contributed by atoms with Crippen LogP contribution in [-0.4, -0.2) is 11.1 Å². The van der Waals surface area contributed by atoms with Crippen LogP contribution < -0.4 is 0 Å². The van der Waals surface area contributed by atoms with Crippen molar-refractivity contribution in [2.45, 2.75) is 26.2 Å². The molecule has 0 fully saturated rings. The van der Waals surface area contributed by atoms with Crippen LogP contribution in [0.4, 0.5) is 0 Å². The zero-order valence-corrected chi connectivity index (χ0v) is 8.79. The van der Waals surface area contributed by atoms with Crippen LogP contribution in [0.5, 0.6) is 0 Å². The molecule has 1 N–H and O–H groups in total. The standard InChI is InChI=1S/C13H14O2/c1-9-7-8-12(13(14)15)11-6-4-2-3-5-10(9)11/h4,6-8H,2-3,5H2,1H3,(H,14,15). The molecule has 1 aliphatic carbocycles. The van der Waals surface area contributed by atoms with E-state index in [9.17, 15) is 4.79 Å². The number of hydrogen-bond acceptors (Lipinski definition) is 1. The second-order valence-corrected chi connectivity index (χ2v) is 3.92. The van der Waals surface area contributed by atoms with Gasteiger partial charge >= 0.3 is 5.97 Å². The quantitative estimate of drug-likeness (QED) is 0.760. The Balaban J connectivity index is 2.65. The highest BCUT2D eigenvalue weighted by Gasteiger charge is 2.14. The Morgan fingerprint density at radius 2 is 2.20 bits per heavy atom. The first kappa shape index (κ1) is 9.97. The minimum absolute atomic E-state index is 0.425. The summed E-state index contributed by atoms with van der Waals surface area (Å²) in [5, 5.41) is 9.09. The molecule has 78 valence electrons. The number of hydrogen-bond donors (Lipinski definition) is 1. The lowest BCUT2D eigenvalue weighted by atomic mass is 9.94. The second kappa shape index (κ2) is 3.89. The molecule has 1 aromatic rings. The average molecular weight is 202 g/mol. The molecule has 2 rings (SSSR count). The lowest BCUT2D eigenvalue weighted by Crippen LogP contribution is -2.04. The van der Waals surface area contributed by atoms with Crippen LogP contribution >= 0.6 is 0 Å². The van der Waals surface area contributed by atoms with Crippen LogP contribution in [0.3, 0.4) is 0 Å². The summed E-state index contributed by atoms with van der Waals surface area (Å²) in [6.07, 6.45) is 7.15. The lowest BCUT2D eigenvalue weighted by Gasteiger charge is -2.10. The van der Waals surface area contributed by atoms with E-state index in [1.54, 1.807) is 6.07 Å². The van der Waals surface area contributed by atoms with Gasteiger partial charge in [0.15, 0.2) is 0 Å². The first-order valence-electron chi connectivity index (χ1n) is 5.22. The maximum absolute atomic E-state index is 11.1. The lowest BCUT2D eigenvalue weighted by molar-refractivity contribution is 0.0696. The molecule has 0 saturated heterocycles. The van der Waals surface area contributed by atoms with Gasteiger partial charge in [0.05, 0.1) is 5.56 Å². The zero-order chi connectivity index (χ0) is 10.8. The van der Waals surface area contributed by atoms with Crippen LogP contribution in [0.2, 0.25) is 0 Å². The molecule has 0 atom stereocenters. The van der Waals surface area contributed by atoms with Gasteiger partial charge in [-0.1, -0.05) is 18.2 Å². The average Bonchev–Trinajstić information content (AvgIpc) is 2.43. The SMILES string of the molecule is Cc1ccc(C(=O)O)c2c1CCCC=C2. The van der Waals surface area contributed by atoms with Crippen molar-refractivity contribution in [2.75, 3.05) is 0 Å². The Kier molecular flexibility index (Phi) is 2.58. The summed E-state index contributed by atoms with van der Waals surface area (Å²) in [4.78, 5) is 11.1. The van der Waals surface area contributed by atoms with Crippen molar-refractivity contribution >= 4 is 12.0 Å². The van der Waals surface area contributed by atoms with Gasteiger partial charge in [-0.05, 0) is 48.9 Å². The molecule has 0 aliphatic heterocycles. The minimum Gasteiger partial charge on any atom is -0.478 e. The van der Waals surface area contributed by atoms with Crippen LogP contribution in [0, 0.1) is 6.92 Å². The molecule has 1 aliphatic rings. The summed E-state index contributed by atoms with van der Waals surface area (Å²) >= 11 is 0. The van der Waals surface area contributed by atoms with E-state index in [0.717, 1.165) is 24.8 Å². The third-order valence-corrected chi connectivity index (χ3v) is 2.90. The fourth-order valence-corrected chi connectivity index (χ4v) is 2.08. The van der Waals surface area contributed by atoms with Crippen molar-refractivity contribution < 1.29 is 9.90 Å². The molecule has 0 unspecified atom stereocenters. The number of aromatic carboxylic acids is 1. The van der Waals surface area contributed by atoms with E-state index in [1.807, 2.05) is 19.1 Å². The smallest absolute Gasteiger partial charge is 0.336 e. The monoisotopic (exact) mass is 202 g/mol. The molecule has 1 aromatic carbocycles. The molecule has 0 amide bonds. The van der Waals surface area contributed by atoms with E-state index < -0.39 is 5.97 Å². The number of carboxylic acid groups (broad SMARTS) is 1. The molecule has 2 heteroatoms. The highest BCUT2D eigenvalue weighted by molar-refractivity contribution is 5.93. The van der Waals surface area contributed by atoms with E-state index >= 15 is 0 Å². The van der Waals surface area contributed by atoms with E-state index in [4.69, 9.17) is 5.11 Å². The van der Waals surface area contributed by atoms with Gasteiger partial charge in [-0.25, -0.2) is 4.79 Å². The molecule has 0 spiro atoms. The minimum atomic E-state index is -0.835. The largest absolute Gasteiger partial charge is 0.478 e. The van der Waals surface area contributed by atoms with Gasteiger partial charge in [0.1, 0.15) is 0 Å². The highest BCUT2D eigenvalue weighted by atomic mass is 16.4. The molecular weight excluding hydrogens is 188 g/mol. The van der Waals surface area contributed by atoms with Gasteiger partial charge < -0.3 is 5.11 Å². The fraction of sp³-hybridized carbons (Fsp3) is 0.308. The Morgan fingerprint density at radius 1 is 1.40 bits per heavy atom. The van der Waals surface area contributed by atoms with Gasteiger partial charge in [0.25, 0.3) is 0 Å². The maximum Gasteiger partial charge on any atom is 0.336 e. The Morgan fingerprint density at radius 3 is 2.93 bits per heavy atom. The van der Waals surface area contributed by atoms with Gasteiger partial charge in [-0.3, -0.25) is 0 Å². The van der Waals surface area contributed by atoms with E-state index in [2.05, 4.69) is 6.08 Å². The number of fused-ring (bicyclic) bond motifs is 1. The zero-order valence-electron chi connectivity index (χ0n) is 8.79. The molecule has 0 saturated carbocycles. The van der Waals surface area contributed by atoms with Crippen molar-refractivity contribution in [1.82, 2.24) is 0 Å². The third-order valence-electron chi connectivity index (χ3n) is 2.90. The Bertz CT molecular complexity index is 430. The fourth-order valence-electron chi connectivity index (χ4n) is 2.08. The molecule has 15 heavy (non-hydrogen) atoms. The van der Waals surface area contributed by atoms with Crippen LogP contribution in [0.15, 0.2) is 18.2 Å². The van der Waals surface area contributed by atoms with Gasteiger partial charge in [0, 0.05) is 0 Å². The molecule has 2 nitrogen and oxygen atoms in total. The Labute approximate surface area is 89.2 Å². The number of carbonyl (C=O) groups is 1. The third kappa shape index (κ3) is 1.80. The maximum atomic E-state index is 11.1. The van der Waals surface area contributed by atoms with Crippen LogP contribution in [0.25, 0.3) is 6.08 Å². The van der Waals surface area contributed by atoms with Crippen LogP contribution in [0.1, 0.15) is 39.9 Å². The number of allylic oxidation sites excluding steroid dienone is 1. The summed E-state index contributed by atoms with van der Waals surface area (Å²) in [6.45, 7) is 2.05. The summed E-state index contributed by atoms with van der Waals surface area (Å²) in [7, 11) is 0. The van der Waals surface area contributed by atoms with Crippen molar-refractivity contribution in [1.29, 1.82) is 0 Å². The summed E-state index contributed by atoms with van der Waals surface area (Å²) in [6, 6.07) is 3.60.